The Morgan fingerprint density at radius 1 is 1.56 bits per heavy atom. The van der Waals surface area contributed by atoms with Crippen molar-refractivity contribution in [1.29, 1.82) is 0 Å². The number of nitrogens with two attached hydrogens (primary N) is 1. The van der Waals surface area contributed by atoms with Crippen molar-refractivity contribution >= 4 is 5.97 Å². The van der Waals surface area contributed by atoms with Crippen molar-refractivity contribution in [2.75, 3.05) is 6.61 Å². The first kappa shape index (κ1) is 14.5. The minimum Gasteiger partial charge on any atom is -0.466 e. The van der Waals surface area contributed by atoms with E-state index in [0.717, 1.165) is 0 Å². The summed E-state index contributed by atoms with van der Waals surface area (Å²) < 4.78 is 30.1. The number of pyridine rings is 1. The van der Waals surface area contributed by atoms with Gasteiger partial charge in [0, 0.05) is 12.7 Å². The average molecular weight is 258 g/mol. The average Bonchev–Trinajstić information content (AvgIpc) is 2.29. The number of ether oxygens (including phenoxy) is 1. The second-order valence-electron chi connectivity index (χ2n) is 3.76. The summed E-state index contributed by atoms with van der Waals surface area (Å²) in [6, 6.07) is 0. The molecule has 1 aromatic rings. The molecule has 4 nitrogen and oxygen atoms in total. The van der Waals surface area contributed by atoms with Crippen LogP contribution in [-0.2, 0) is 22.5 Å². The molecule has 18 heavy (non-hydrogen) atoms. The van der Waals surface area contributed by atoms with Crippen LogP contribution in [0.3, 0.4) is 0 Å². The monoisotopic (exact) mass is 258 g/mol. The van der Waals surface area contributed by atoms with Crippen LogP contribution < -0.4 is 5.73 Å². The molecule has 1 aromatic heterocycles. The fraction of sp³-hybridized carbons (Fsp3) is 0.500. The van der Waals surface area contributed by atoms with E-state index < -0.39 is 12.4 Å². The fourth-order valence-electron chi connectivity index (χ4n) is 1.74. The topological polar surface area (TPSA) is 65.2 Å². The van der Waals surface area contributed by atoms with Crippen LogP contribution in [0, 0.1) is 6.92 Å². The molecule has 0 amide bonds. The van der Waals surface area contributed by atoms with Gasteiger partial charge in [-0.3, -0.25) is 9.78 Å². The number of aromatic nitrogens is 1. The van der Waals surface area contributed by atoms with Crippen LogP contribution in [0.25, 0.3) is 0 Å². The first-order chi connectivity index (χ1) is 8.51. The van der Waals surface area contributed by atoms with E-state index in [1.165, 1.54) is 13.1 Å². The van der Waals surface area contributed by atoms with Gasteiger partial charge in [0.25, 0.3) is 6.43 Å². The minimum absolute atomic E-state index is 0.00225. The van der Waals surface area contributed by atoms with E-state index in [1.54, 1.807) is 6.92 Å². The number of hydrogen-bond donors (Lipinski definition) is 1. The van der Waals surface area contributed by atoms with Crippen LogP contribution in [0.5, 0.6) is 0 Å². The fourth-order valence-corrected chi connectivity index (χ4v) is 1.74. The quantitative estimate of drug-likeness (QED) is 0.819. The Morgan fingerprint density at radius 2 is 2.22 bits per heavy atom. The Bertz CT molecular complexity index is 436. The summed E-state index contributed by atoms with van der Waals surface area (Å²) in [5.74, 6) is -0.418. The lowest BCUT2D eigenvalue weighted by atomic mass is 10.0. The van der Waals surface area contributed by atoms with Gasteiger partial charge in [-0.25, -0.2) is 8.78 Å². The van der Waals surface area contributed by atoms with Crippen LogP contribution in [0.15, 0.2) is 6.20 Å². The Labute approximate surface area is 104 Å². The van der Waals surface area contributed by atoms with Crippen LogP contribution in [0.2, 0.25) is 0 Å². The van der Waals surface area contributed by atoms with Crippen LogP contribution in [0.1, 0.15) is 35.7 Å². The molecule has 0 saturated carbocycles. The number of rotatable bonds is 5. The summed E-state index contributed by atoms with van der Waals surface area (Å²) in [6.45, 7) is 3.59. The largest absolute Gasteiger partial charge is 0.466 e. The van der Waals surface area contributed by atoms with Gasteiger partial charge < -0.3 is 10.5 Å². The van der Waals surface area contributed by atoms with E-state index in [0.29, 0.717) is 16.7 Å². The maximum atomic E-state index is 12.7. The molecule has 0 radical (unpaired) electrons. The highest BCUT2D eigenvalue weighted by molar-refractivity contribution is 5.73. The second-order valence-corrected chi connectivity index (χ2v) is 3.76. The third-order valence-corrected chi connectivity index (χ3v) is 2.63. The molecule has 0 atom stereocenters. The van der Waals surface area contributed by atoms with Crippen LogP contribution >= 0.6 is 0 Å². The van der Waals surface area contributed by atoms with E-state index in [2.05, 4.69) is 4.98 Å². The molecule has 1 rings (SSSR count). The standard InChI is InChI=1S/C12H16F2N2O2/c1-3-18-10(17)4-8-6-16-11(12(13)14)7(2)9(8)5-15/h6,12H,3-5,15H2,1-2H3. The first-order valence-corrected chi connectivity index (χ1v) is 5.62. The van der Waals surface area contributed by atoms with Gasteiger partial charge in [-0.1, -0.05) is 0 Å². The van der Waals surface area contributed by atoms with Gasteiger partial charge in [0.05, 0.1) is 13.0 Å². The van der Waals surface area contributed by atoms with Crippen molar-refractivity contribution in [3.8, 4) is 0 Å². The molecule has 0 spiro atoms. The van der Waals surface area contributed by atoms with Crippen molar-refractivity contribution in [1.82, 2.24) is 4.98 Å². The number of halogens is 2. The summed E-state index contributed by atoms with van der Waals surface area (Å²) in [6.07, 6.45) is -1.38. The normalized spacial score (nSPS) is 10.8. The number of hydrogen-bond acceptors (Lipinski definition) is 4. The number of alkyl halides is 2. The number of carbonyl (C=O) groups excluding carboxylic acids is 1. The van der Waals surface area contributed by atoms with Crippen molar-refractivity contribution in [3.05, 3.63) is 28.6 Å². The van der Waals surface area contributed by atoms with E-state index in [4.69, 9.17) is 10.5 Å². The predicted octanol–water partition coefficient (Wildman–Crippen LogP) is 1.89. The molecule has 0 aromatic carbocycles. The van der Waals surface area contributed by atoms with Crippen molar-refractivity contribution in [3.63, 3.8) is 0 Å². The lowest BCUT2D eigenvalue weighted by Gasteiger charge is -2.13. The highest BCUT2D eigenvalue weighted by Crippen LogP contribution is 2.24. The van der Waals surface area contributed by atoms with Crippen molar-refractivity contribution < 1.29 is 18.3 Å². The summed E-state index contributed by atoms with van der Waals surface area (Å²) in [4.78, 5) is 15.1. The maximum Gasteiger partial charge on any atom is 0.310 e. The third-order valence-electron chi connectivity index (χ3n) is 2.63. The van der Waals surface area contributed by atoms with E-state index >= 15 is 0 Å². The van der Waals surface area contributed by atoms with E-state index in [9.17, 15) is 13.6 Å². The Morgan fingerprint density at radius 3 is 2.72 bits per heavy atom. The van der Waals surface area contributed by atoms with Crippen LogP contribution in [0.4, 0.5) is 8.78 Å². The third kappa shape index (κ3) is 3.22. The zero-order chi connectivity index (χ0) is 13.7. The molecule has 0 aliphatic rings. The zero-order valence-electron chi connectivity index (χ0n) is 10.4. The summed E-state index contributed by atoms with van der Waals surface area (Å²) in [7, 11) is 0. The van der Waals surface area contributed by atoms with Gasteiger partial charge in [-0.15, -0.1) is 0 Å². The smallest absolute Gasteiger partial charge is 0.310 e. The zero-order valence-corrected chi connectivity index (χ0v) is 10.4. The van der Waals surface area contributed by atoms with Crippen molar-refractivity contribution in [2.24, 2.45) is 5.73 Å². The molecule has 0 aliphatic heterocycles. The summed E-state index contributed by atoms with van der Waals surface area (Å²) in [5.41, 5.74) is 6.67. The molecule has 0 bridgehead atoms. The minimum atomic E-state index is -2.65. The van der Waals surface area contributed by atoms with Gasteiger partial charge >= 0.3 is 5.97 Å². The molecule has 2 N–H and O–H groups in total. The lowest BCUT2D eigenvalue weighted by molar-refractivity contribution is -0.142. The lowest BCUT2D eigenvalue weighted by Crippen LogP contribution is -2.14. The van der Waals surface area contributed by atoms with Gasteiger partial charge in [-0.2, -0.15) is 0 Å². The second kappa shape index (κ2) is 6.39. The molecule has 6 heteroatoms. The molecular weight excluding hydrogens is 242 g/mol. The van der Waals surface area contributed by atoms with Gasteiger partial charge in [0.1, 0.15) is 5.69 Å². The molecule has 0 unspecified atom stereocenters. The molecule has 0 aliphatic carbocycles. The summed E-state index contributed by atoms with van der Waals surface area (Å²) >= 11 is 0. The highest BCUT2D eigenvalue weighted by Gasteiger charge is 2.18. The maximum absolute atomic E-state index is 12.7. The SMILES string of the molecule is CCOC(=O)Cc1cnc(C(F)F)c(C)c1CN. The van der Waals surface area contributed by atoms with E-state index in [-0.39, 0.29) is 25.3 Å². The van der Waals surface area contributed by atoms with Gasteiger partial charge in [-0.05, 0) is 30.5 Å². The van der Waals surface area contributed by atoms with Gasteiger partial charge in [0.2, 0.25) is 0 Å². The Hall–Kier alpha value is -1.56. The number of carbonyl (C=O) groups is 1. The molecule has 0 fully saturated rings. The van der Waals surface area contributed by atoms with Crippen LogP contribution in [-0.4, -0.2) is 17.6 Å². The molecular formula is C12H16F2N2O2. The number of nitrogens with zero attached hydrogens (tertiary/aromatic N) is 1. The summed E-state index contributed by atoms with van der Waals surface area (Å²) in [5, 5.41) is 0. The highest BCUT2D eigenvalue weighted by atomic mass is 19.3. The Balaban J connectivity index is 3.07. The Kier molecular flexibility index (Phi) is 5.15. The first-order valence-electron chi connectivity index (χ1n) is 5.62. The molecule has 1 heterocycles. The number of esters is 1. The predicted molar refractivity (Wildman–Crippen MR) is 62.2 cm³/mol. The van der Waals surface area contributed by atoms with Gasteiger partial charge in [0.15, 0.2) is 0 Å². The van der Waals surface area contributed by atoms with Crippen molar-refractivity contribution in [2.45, 2.75) is 33.2 Å². The molecule has 0 saturated heterocycles. The molecule has 100 valence electrons. The van der Waals surface area contributed by atoms with E-state index in [1.807, 2.05) is 0 Å².